The summed E-state index contributed by atoms with van der Waals surface area (Å²) < 4.78 is 9.84. The van der Waals surface area contributed by atoms with Crippen molar-refractivity contribution in [2.24, 2.45) is 0 Å². The van der Waals surface area contributed by atoms with Gasteiger partial charge in [0.2, 0.25) is 0 Å². The van der Waals surface area contributed by atoms with E-state index in [0.29, 0.717) is 6.42 Å². The molecule has 1 aliphatic carbocycles. The highest BCUT2D eigenvalue weighted by molar-refractivity contribution is 5.85. The third-order valence-corrected chi connectivity index (χ3v) is 2.24. The van der Waals surface area contributed by atoms with Crippen molar-refractivity contribution in [3.8, 4) is 0 Å². The van der Waals surface area contributed by atoms with Crippen LogP contribution in [0.15, 0.2) is 0 Å². The van der Waals surface area contributed by atoms with Crippen molar-refractivity contribution in [3.05, 3.63) is 0 Å². The van der Waals surface area contributed by atoms with Gasteiger partial charge in [0, 0.05) is 6.42 Å². The van der Waals surface area contributed by atoms with Crippen LogP contribution < -0.4 is 0 Å². The molecule has 0 amide bonds. The standard InChI is InChI=1S/C10H17NO3.ClH/c1-2-5-9(12)14-10(11)13-8-6-3-4-7-8;/h8,11H,2-7H2,1H3;1H. The lowest BCUT2D eigenvalue weighted by Gasteiger charge is -2.12. The third-order valence-electron chi connectivity index (χ3n) is 2.24. The molecule has 0 unspecified atom stereocenters. The van der Waals surface area contributed by atoms with Gasteiger partial charge >= 0.3 is 12.1 Å². The third kappa shape index (κ3) is 5.62. The predicted molar refractivity (Wildman–Crippen MR) is 59.3 cm³/mol. The molecule has 1 saturated carbocycles. The molecule has 0 bridgehead atoms. The van der Waals surface area contributed by atoms with E-state index in [1.807, 2.05) is 6.92 Å². The van der Waals surface area contributed by atoms with E-state index in [4.69, 9.17) is 10.1 Å². The smallest absolute Gasteiger partial charge is 0.388 e. The molecule has 0 aromatic rings. The summed E-state index contributed by atoms with van der Waals surface area (Å²) >= 11 is 0. The summed E-state index contributed by atoms with van der Waals surface area (Å²) in [6.45, 7) is 1.89. The first-order chi connectivity index (χ1) is 6.72. The maximum atomic E-state index is 11.0. The fraction of sp³-hybridized carbons (Fsp3) is 0.800. The summed E-state index contributed by atoms with van der Waals surface area (Å²) in [6, 6.07) is 0. The van der Waals surface area contributed by atoms with Crippen LogP contribution in [-0.4, -0.2) is 18.2 Å². The van der Waals surface area contributed by atoms with Crippen LogP contribution in [0.1, 0.15) is 45.4 Å². The molecule has 1 aliphatic rings. The lowest BCUT2D eigenvalue weighted by molar-refractivity contribution is -0.137. The van der Waals surface area contributed by atoms with Crippen LogP contribution in [0.5, 0.6) is 0 Å². The highest BCUT2D eigenvalue weighted by atomic mass is 35.5. The van der Waals surface area contributed by atoms with Gasteiger partial charge in [-0.3, -0.25) is 4.79 Å². The maximum Gasteiger partial charge on any atom is 0.388 e. The topological polar surface area (TPSA) is 59.4 Å². The number of hydrogen-bond acceptors (Lipinski definition) is 4. The van der Waals surface area contributed by atoms with E-state index in [1.165, 1.54) is 0 Å². The van der Waals surface area contributed by atoms with Gasteiger partial charge in [0.05, 0.1) is 0 Å². The molecule has 0 saturated heterocycles. The average Bonchev–Trinajstić information content (AvgIpc) is 2.56. The molecule has 0 heterocycles. The summed E-state index contributed by atoms with van der Waals surface area (Å²) in [5.74, 6) is -0.379. The van der Waals surface area contributed by atoms with Gasteiger partial charge in [0.15, 0.2) is 0 Å². The number of esters is 1. The molecule has 88 valence electrons. The zero-order chi connectivity index (χ0) is 10.4. The Morgan fingerprint density at radius 1 is 1.40 bits per heavy atom. The van der Waals surface area contributed by atoms with Crippen molar-refractivity contribution in [2.75, 3.05) is 0 Å². The second-order valence-corrected chi connectivity index (χ2v) is 3.54. The lowest BCUT2D eigenvalue weighted by Crippen LogP contribution is -2.19. The number of carbonyl (C=O) groups excluding carboxylic acids is 1. The first kappa shape index (κ1) is 14.2. The maximum absolute atomic E-state index is 11.0. The first-order valence-corrected chi connectivity index (χ1v) is 5.18. The number of ether oxygens (including phenoxy) is 2. The van der Waals surface area contributed by atoms with Crippen LogP contribution in [-0.2, 0) is 14.3 Å². The minimum absolute atomic E-state index is 0. The second kappa shape index (κ2) is 7.51. The molecule has 0 radical (unpaired) electrons. The minimum Gasteiger partial charge on any atom is -0.447 e. The van der Waals surface area contributed by atoms with E-state index in [9.17, 15) is 4.79 Å². The van der Waals surface area contributed by atoms with Gasteiger partial charge < -0.3 is 9.47 Å². The number of hydrogen-bond donors (Lipinski definition) is 1. The summed E-state index contributed by atoms with van der Waals surface area (Å²) in [6.07, 6.45) is 5.03. The molecule has 1 fully saturated rings. The molecule has 0 atom stereocenters. The predicted octanol–water partition coefficient (Wildman–Crippen LogP) is 2.65. The summed E-state index contributed by atoms with van der Waals surface area (Å²) in [5, 5.41) is 7.30. The fourth-order valence-corrected chi connectivity index (χ4v) is 1.54. The van der Waals surface area contributed by atoms with Crippen LogP contribution in [0.25, 0.3) is 0 Å². The van der Waals surface area contributed by atoms with Crippen LogP contribution in [0.2, 0.25) is 0 Å². The quantitative estimate of drug-likeness (QED) is 0.465. The Balaban J connectivity index is 0.00000196. The van der Waals surface area contributed by atoms with Crippen molar-refractivity contribution < 1.29 is 14.3 Å². The normalized spacial score (nSPS) is 15.5. The van der Waals surface area contributed by atoms with Crippen LogP contribution >= 0.6 is 12.4 Å². The van der Waals surface area contributed by atoms with Crippen LogP contribution in [0, 0.1) is 5.41 Å². The van der Waals surface area contributed by atoms with Gasteiger partial charge in [-0.1, -0.05) is 6.92 Å². The largest absolute Gasteiger partial charge is 0.447 e. The van der Waals surface area contributed by atoms with Gasteiger partial charge in [-0.05, 0) is 32.1 Å². The molecule has 15 heavy (non-hydrogen) atoms. The highest BCUT2D eigenvalue weighted by Gasteiger charge is 2.19. The van der Waals surface area contributed by atoms with Gasteiger partial charge in [-0.2, -0.15) is 0 Å². The Kier molecular flexibility index (Phi) is 7.13. The van der Waals surface area contributed by atoms with E-state index < -0.39 is 0 Å². The molecule has 4 nitrogen and oxygen atoms in total. The number of carbonyl (C=O) groups is 1. The Morgan fingerprint density at radius 2 is 2.00 bits per heavy atom. The van der Waals surface area contributed by atoms with Gasteiger partial charge in [0.25, 0.3) is 0 Å². The lowest BCUT2D eigenvalue weighted by atomic mass is 10.3. The molecule has 1 N–H and O–H groups in total. The molecular formula is C10H18ClNO3. The second-order valence-electron chi connectivity index (χ2n) is 3.54. The summed E-state index contributed by atoms with van der Waals surface area (Å²) in [5.41, 5.74) is 0. The SMILES string of the molecule is CCCC(=O)OC(=N)OC1CCCC1.Cl. The van der Waals surface area contributed by atoms with E-state index in [1.54, 1.807) is 0 Å². The van der Waals surface area contributed by atoms with Gasteiger partial charge in [-0.15, -0.1) is 12.4 Å². The van der Waals surface area contributed by atoms with E-state index in [0.717, 1.165) is 32.1 Å². The molecular weight excluding hydrogens is 218 g/mol. The number of nitrogens with one attached hydrogen (secondary N) is 1. The Bertz CT molecular complexity index is 215. The molecule has 5 heteroatoms. The average molecular weight is 236 g/mol. The minimum atomic E-state index is -0.379. The molecule has 0 aromatic carbocycles. The Labute approximate surface area is 96.2 Å². The molecule has 1 rings (SSSR count). The van der Waals surface area contributed by atoms with Crippen LogP contribution in [0.3, 0.4) is 0 Å². The molecule has 0 spiro atoms. The van der Waals surface area contributed by atoms with Crippen molar-refractivity contribution in [1.29, 1.82) is 5.41 Å². The molecule has 0 aliphatic heterocycles. The molecule has 0 aromatic heterocycles. The van der Waals surface area contributed by atoms with Gasteiger partial charge in [-0.25, -0.2) is 5.41 Å². The van der Waals surface area contributed by atoms with Crippen molar-refractivity contribution in [1.82, 2.24) is 0 Å². The van der Waals surface area contributed by atoms with Crippen molar-refractivity contribution in [2.45, 2.75) is 51.6 Å². The Hall–Kier alpha value is -0.770. The fourth-order valence-electron chi connectivity index (χ4n) is 1.54. The summed E-state index contributed by atoms with van der Waals surface area (Å²) in [7, 11) is 0. The monoisotopic (exact) mass is 235 g/mol. The number of rotatable bonds is 3. The highest BCUT2D eigenvalue weighted by Crippen LogP contribution is 2.21. The van der Waals surface area contributed by atoms with Crippen LogP contribution in [0.4, 0.5) is 0 Å². The van der Waals surface area contributed by atoms with E-state index in [-0.39, 0.29) is 30.6 Å². The Morgan fingerprint density at radius 3 is 2.53 bits per heavy atom. The zero-order valence-corrected chi connectivity index (χ0v) is 9.77. The van der Waals surface area contributed by atoms with Crippen molar-refractivity contribution >= 4 is 24.5 Å². The zero-order valence-electron chi connectivity index (χ0n) is 8.95. The first-order valence-electron chi connectivity index (χ1n) is 5.18. The van der Waals surface area contributed by atoms with Crippen molar-refractivity contribution in [3.63, 3.8) is 0 Å². The summed E-state index contributed by atoms with van der Waals surface area (Å²) in [4.78, 5) is 11.0. The van der Waals surface area contributed by atoms with E-state index in [2.05, 4.69) is 4.74 Å². The number of halogens is 1. The van der Waals surface area contributed by atoms with E-state index >= 15 is 0 Å². The van der Waals surface area contributed by atoms with Gasteiger partial charge in [0.1, 0.15) is 6.10 Å².